The minimum atomic E-state index is -0.854. The molecule has 0 unspecified atom stereocenters. The van der Waals surface area contributed by atoms with Crippen molar-refractivity contribution < 1.29 is 29.4 Å². The van der Waals surface area contributed by atoms with E-state index >= 15 is 0 Å². The Morgan fingerprint density at radius 1 is 1.16 bits per heavy atom. The van der Waals surface area contributed by atoms with Crippen molar-refractivity contribution in [1.29, 1.82) is 0 Å². The van der Waals surface area contributed by atoms with Crippen LogP contribution in [-0.4, -0.2) is 64.2 Å². The van der Waals surface area contributed by atoms with Gasteiger partial charge in [-0.05, 0) is 92.7 Å². The lowest BCUT2D eigenvalue weighted by Crippen LogP contribution is -2.59. The smallest absolute Gasteiger partial charge is 0.328 e. The summed E-state index contributed by atoms with van der Waals surface area (Å²) in [6.07, 6.45) is 9.75. The molecule has 1 amide bonds. The Balaban J connectivity index is 1.09. The number of aliphatic hydroxyl groups excluding tert-OH is 1. The third kappa shape index (κ3) is 5.08. The fourth-order valence-corrected chi connectivity index (χ4v) is 9.26. The third-order valence-corrected chi connectivity index (χ3v) is 11.8. The molecule has 2 aromatic rings. The average Bonchev–Trinajstić information content (AvgIpc) is 3.48. The summed E-state index contributed by atoms with van der Waals surface area (Å²) in [7, 11) is 1.30. The van der Waals surface area contributed by atoms with Crippen LogP contribution in [0.5, 0.6) is 0 Å². The lowest BCUT2D eigenvalue weighted by molar-refractivity contribution is -0.164. The first-order valence-electron chi connectivity index (χ1n) is 15.7. The molecule has 4 N–H and O–H groups in total. The Hall–Kier alpha value is -3.17. The molecule has 0 spiro atoms. The van der Waals surface area contributed by atoms with Crippen molar-refractivity contribution in [2.75, 3.05) is 13.7 Å². The Labute approximate surface area is 253 Å². The average molecular weight is 592 g/mol. The number of carbonyl (C=O) groups is 2. The maximum atomic E-state index is 12.8. The van der Waals surface area contributed by atoms with Gasteiger partial charge in [0, 0.05) is 28.9 Å². The van der Waals surface area contributed by atoms with Crippen molar-refractivity contribution in [3.8, 4) is 0 Å². The van der Waals surface area contributed by atoms with E-state index in [-0.39, 0.29) is 29.8 Å². The number of allylic oxidation sites excluding steroid dienone is 2. The molecule has 1 aromatic carbocycles. The second-order valence-corrected chi connectivity index (χ2v) is 14.0. The van der Waals surface area contributed by atoms with E-state index < -0.39 is 29.6 Å². The maximum Gasteiger partial charge on any atom is 0.328 e. The summed E-state index contributed by atoms with van der Waals surface area (Å²) in [6.45, 7) is 6.13. The first-order chi connectivity index (χ1) is 20.5. The highest BCUT2D eigenvalue weighted by atomic mass is 16.6. The van der Waals surface area contributed by atoms with Crippen LogP contribution in [0.2, 0.25) is 0 Å². The Kier molecular flexibility index (Phi) is 7.70. The van der Waals surface area contributed by atoms with Crippen LogP contribution in [-0.2, 0) is 25.6 Å². The van der Waals surface area contributed by atoms with Gasteiger partial charge in [-0.2, -0.15) is 0 Å². The second-order valence-electron chi connectivity index (χ2n) is 14.0. The van der Waals surface area contributed by atoms with E-state index in [4.69, 9.17) is 9.57 Å². The van der Waals surface area contributed by atoms with Crippen molar-refractivity contribution in [3.05, 3.63) is 47.7 Å². The predicted molar refractivity (Wildman–Crippen MR) is 163 cm³/mol. The molecule has 6 rings (SSSR count). The van der Waals surface area contributed by atoms with Gasteiger partial charge in [-0.3, -0.25) is 4.79 Å². The Morgan fingerprint density at radius 2 is 1.95 bits per heavy atom. The zero-order valence-corrected chi connectivity index (χ0v) is 25.7. The zero-order valence-electron chi connectivity index (χ0n) is 25.7. The highest BCUT2D eigenvalue weighted by Crippen LogP contribution is 2.67. The largest absolute Gasteiger partial charge is 0.467 e. The van der Waals surface area contributed by atoms with Gasteiger partial charge in [0.05, 0.1) is 24.5 Å². The van der Waals surface area contributed by atoms with Crippen LogP contribution in [0.15, 0.2) is 47.3 Å². The monoisotopic (exact) mass is 591 g/mol. The van der Waals surface area contributed by atoms with Crippen LogP contribution in [0.3, 0.4) is 0 Å². The molecule has 232 valence electrons. The molecule has 0 radical (unpaired) electrons. The molecule has 3 fully saturated rings. The number of aromatic nitrogens is 1. The number of para-hydroxylation sites is 1. The van der Waals surface area contributed by atoms with Gasteiger partial charge in [0.25, 0.3) is 5.91 Å². The van der Waals surface area contributed by atoms with Crippen molar-refractivity contribution >= 4 is 28.5 Å². The quantitative estimate of drug-likeness (QED) is 0.278. The molecule has 9 heteroatoms. The number of esters is 1. The minimum Gasteiger partial charge on any atom is -0.467 e. The number of oxime groups is 1. The van der Waals surface area contributed by atoms with Crippen LogP contribution in [0.1, 0.15) is 71.3 Å². The predicted octanol–water partition coefficient (Wildman–Crippen LogP) is 4.43. The normalized spacial score (nSPS) is 36.7. The molecular weight excluding hydrogens is 546 g/mol. The molecule has 8 atom stereocenters. The molecule has 0 bridgehead atoms. The SMILES string of the molecule is COC(=O)[C@H](Cc1c[nH]c2ccccc12)NC(=O)CO/N=C1\C=C2CC[C@H]3[C@H]([C@H](O)C[C@@]4(C)[C@H]3CC[C@]4(C)O)[C@@]2(C)CC1. The standard InChI is InChI=1S/C34H45N3O6/c1-32-13-11-22(16-21(32)9-10-24-25-12-14-34(3,41)33(25,2)17-28(38)30(24)32)37-43-19-29(39)36-27(31(40)42-4)15-20-18-35-26-8-6-5-7-23(20)26/h5-8,16,18,24-25,27-28,30,35,38,41H,9-15,17,19H2,1-4H3,(H,36,39)/b37-22-/t24-,25+,27+,28-,30-,32+,33+,34+/m1/s1. The number of aromatic amines is 1. The lowest BCUT2D eigenvalue weighted by Gasteiger charge is -2.60. The summed E-state index contributed by atoms with van der Waals surface area (Å²) < 4.78 is 4.95. The van der Waals surface area contributed by atoms with E-state index in [1.54, 1.807) is 0 Å². The van der Waals surface area contributed by atoms with Gasteiger partial charge in [0.1, 0.15) is 6.04 Å². The molecule has 4 aliphatic carbocycles. The highest BCUT2D eigenvalue weighted by Gasteiger charge is 2.64. The number of benzene rings is 1. The summed E-state index contributed by atoms with van der Waals surface area (Å²) in [5, 5.41) is 30.7. The lowest BCUT2D eigenvalue weighted by atomic mass is 9.45. The number of carbonyl (C=O) groups excluding carboxylic acids is 2. The van der Waals surface area contributed by atoms with Gasteiger partial charge in [0.15, 0.2) is 6.61 Å². The molecule has 3 saturated carbocycles. The molecule has 9 nitrogen and oxygen atoms in total. The summed E-state index contributed by atoms with van der Waals surface area (Å²) >= 11 is 0. The number of amides is 1. The summed E-state index contributed by atoms with van der Waals surface area (Å²) in [6, 6.07) is 6.94. The number of hydrogen-bond donors (Lipinski definition) is 4. The van der Waals surface area contributed by atoms with Gasteiger partial charge >= 0.3 is 5.97 Å². The van der Waals surface area contributed by atoms with Gasteiger partial charge < -0.3 is 30.1 Å². The van der Waals surface area contributed by atoms with Crippen molar-refractivity contribution in [1.82, 2.24) is 10.3 Å². The number of ether oxygens (including phenoxy) is 1. The van der Waals surface area contributed by atoms with Crippen LogP contribution < -0.4 is 5.32 Å². The number of rotatable bonds is 7. The van der Waals surface area contributed by atoms with Crippen LogP contribution in [0, 0.1) is 28.6 Å². The van der Waals surface area contributed by atoms with E-state index in [1.807, 2.05) is 37.4 Å². The maximum absolute atomic E-state index is 12.8. The molecule has 4 aliphatic rings. The van der Waals surface area contributed by atoms with Gasteiger partial charge in [0.2, 0.25) is 0 Å². The highest BCUT2D eigenvalue weighted by molar-refractivity contribution is 5.96. The van der Waals surface area contributed by atoms with Crippen molar-refractivity contribution in [3.63, 3.8) is 0 Å². The van der Waals surface area contributed by atoms with Crippen LogP contribution in [0.25, 0.3) is 10.9 Å². The van der Waals surface area contributed by atoms with E-state index in [2.05, 4.69) is 35.4 Å². The topological polar surface area (TPSA) is 133 Å². The number of methoxy groups -OCH3 is 1. The van der Waals surface area contributed by atoms with Gasteiger partial charge in [-0.15, -0.1) is 0 Å². The Morgan fingerprint density at radius 3 is 2.74 bits per heavy atom. The van der Waals surface area contributed by atoms with E-state index in [0.29, 0.717) is 24.7 Å². The first-order valence-corrected chi connectivity index (χ1v) is 15.7. The molecule has 0 saturated heterocycles. The van der Waals surface area contributed by atoms with E-state index in [0.717, 1.165) is 54.3 Å². The molecular formula is C34H45N3O6. The number of aliphatic hydroxyl groups is 2. The summed E-state index contributed by atoms with van der Waals surface area (Å²) in [4.78, 5) is 33.9. The first kappa shape index (κ1) is 29.9. The third-order valence-electron chi connectivity index (χ3n) is 11.8. The van der Waals surface area contributed by atoms with Crippen molar-refractivity contribution in [2.45, 2.75) is 89.9 Å². The number of nitrogens with zero attached hydrogens (tertiary/aromatic N) is 1. The molecule has 1 aromatic heterocycles. The fourth-order valence-electron chi connectivity index (χ4n) is 9.26. The number of fused-ring (bicyclic) bond motifs is 6. The number of hydrogen-bond acceptors (Lipinski definition) is 7. The van der Waals surface area contributed by atoms with E-state index in [9.17, 15) is 19.8 Å². The summed E-state index contributed by atoms with van der Waals surface area (Å²) in [5.41, 5.74) is 2.85. The van der Waals surface area contributed by atoms with E-state index in [1.165, 1.54) is 12.7 Å². The molecule has 0 aliphatic heterocycles. The van der Waals surface area contributed by atoms with Crippen molar-refractivity contribution in [2.24, 2.45) is 33.7 Å². The van der Waals surface area contributed by atoms with Crippen LogP contribution >= 0.6 is 0 Å². The van der Waals surface area contributed by atoms with Crippen LogP contribution in [0.4, 0.5) is 0 Å². The summed E-state index contributed by atoms with van der Waals surface area (Å²) in [5.74, 6) is 0.0175. The second kappa shape index (κ2) is 11.1. The van der Waals surface area contributed by atoms with Gasteiger partial charge in [-0.25, -0.2) is 4.79 Å². The molecule has 1 heterocycles. The molecule has 43 heavy (non-hydrogen) atoms. The number of H-pyrrole nitrogens is 1. The van der Waals surface area contributed by atoms with Gasteiger partial charge in [-0.1, -0.05) is 42.8 Å². The minimum absolute atomic E-state index is 0.120. The number of nitrogens with one attached hydrogen (secondary N) is 2. The fraction of sp³-hybridized carbons (Fsp3) is 0.618. The Bertz CT molecular complexity index is 1460. The zero-order chi connectivity index (χ0) is 30.6.